The Bertz CT molecular complexity index is 745. The van der Waals surface area contributed by atoms with Crippen LogP contribution in [0.5, 0.6) is 5.75 Å². The zero-order chi connectivity index (χ0) is 16.8. The van der Waals surface area contributed by atoms with Gasteiger partial charge in [-0.2, -0.15) is 0 Å². The van der Waals surface area contributed by atoms with Crippen LogP contribution in [0.3, 0.4) is 0 Å². The van der Waals surface area contributed by atoms with Crippen LogP contribution in [-0.2, 0) is 4.79 Å². The van der Waals surface area contributed by atoms with Crippen molar-refractivity contribution in [1.82, 2.24) is 4.98 Å². The van der Waals surface area contributed by atoms with Crippen LogP contribution >= 0.6 is 23.4 Å². The standard InChI is InChI=1S/C15H13ClN2O4S.Na.H/c1-22-12-5-4-9(16)7-11(12)18-8-13(19)23-14-10(15(20)21)3-2-6-17-14;;/h2-7,18H,8H2,1H3,(H,20,21);;. The predicted octanol–water partition coefficient (Wildman–Crippen LogP) is 2.52. The van der Waals surface area contributed by atoms with Crippen LogP contribution in [0.2, 0.25) is 5.02 Å². The van der Waals surface area contributed by atoms with Crippen molar-refractivity contribution >= 4 is 69.7 Å². The molecule has 1 aromatic carbocycles. The zero-order valence-electron chi connectivity index (χ0n) is 12.1. The van der Waals surface area contributed by atoms with Crippen LogP contribution in [0.15, 0.2) is 41.6 Å². The number of thioether (sulfide) groups is 1. The molecule has 0 amide bonds. The van der Waals surface area contributed by atoms with E-state index in [1.807, 2.05) is 0 Å². The summed E-state index contributed by atoms with van der Waals surface area (Å²) in [5.41, 5.74) is 0.569. The predicted molar refractivity (Wildman–Crippen MR) is 95.7 cm³/mol. The maximum absolute atomic E-state index is 12.0. The van der Waals surface area contributed by atoms with Crippen molar-refractivity contribution in [3.63, 3.8) is 0 Å². The number of pyridine rings is 1. The Morgan fingerprint density at radius 1 is 1.38 bits per heavy atom. The van der Waals surface area contributed by atoms with Crippen LogP contribution < -0.4 is 10.1 Å². The van der Waals surface area contributed by atoms with Gasteiger partial charge in [0.25, 0.3) is 0 Å². The molecule has 0 saturated carbocycles. The Hall–Kier alpha value is -1.25. The summed E-state index contributed by atoms with van der Waals surface area (Å²) < 4.78 is 5.17. The van der Waals surface area contributed by atoms with E-state index in [1.165, 1.54) is 25.4 Å². The third-order valence-corrected chi connectivity index (χ3v) is 3.92. The fourth-order valence-corrected chi connectivity index (χ4v) is 2.68. The fourth-order valence-electron chi connectivity index (χ4n) is 1.76. The summed E-state index contributed by atoms with van der Waals surface area (Å²) in [7, 11) is 1.51. The quantitative estimate of drug-likeness (QED) is 0.591. The molecule has 24 heavy (non-hydrogen) atoms. The molecule has 6 nitrogen and oxygen atoms in total. The first kappa shape index (κ1) is 20.8. The van der Waals surface area contributed by atoms with Crippen LogP contribution in [0.1, 0.15) is 10.4 Å². The van der Waals surface area contributed by atoms with Crippen LogP contribution in [-0.4, -0.2) is 64.4 Å². The average molecular weight is 377 g/mol. The molecule has 122 valence electrons. The van der Waals surface area contributed by atoms with Gasteiger partial charge in [-0.3, -0.25) is 4.79 Å². The second kappa shape index (κ2) is 9.90. The molecule has 0 aliphatic heterocycles. The summed E-state index contributed by atoms with van der Waals surface area (Å²) >= 11 is 6.68. The van der Waals surface area contributed by atoms with E-state index in [-0.39, 0.29) is 51.8 Å². The normalized spacial score (nSPS) is 9.75. The summed E-state index contributed by atoms with van der Waals surface area (Å²) in [6.45, 7) is -0.0308. The van der Waals surface area contributed by atoms with Gasteiger partial charge in [-0.1, -0.05) is 11.6 Å². The van der Waals surface area contributed by atoms with E-state index in [0.717, 1.165) is 11.8 Å². The van der Waals surface area contributed by atoms with Crippen molar-refractivity contribution < 1.29 is 19.4 Å². The summed E-state index contributed by atoms with van der Waals surface area (Å²) in [4.78, 5) is 27.1. The minimum absolute atomic E-state index is 0. The van der Waals surface area contributed by atoms with Crippen molar-refractivity contribution in [2.24, 2.45) is 0 Å². The molecular weight excluding hydrogens is 363 g/mol. The topological polar surface area (TPSA) is 88.5 Å². The van der Waals surface area contributed by atoms with E-state index in [2.05, 4.69) is 10.3 Å². The number of methoxy groups -OCH3 is 1. The number of nitrogens with zero attached hydrogens (tertiary/aromatic N) is 1. The molecule has 0 aliphatic carbocycles. The first-order chi connectivity index (χ1) is 11.0. The number of hydrogen-bond acceptors (Lipinski definition) is 6. The number of aromatic carboxylic acids is 1. The number of aromatic nitrogens is 1. The first-order valence-electron chi connectivity index (χ1n) is 6.47. The van der Waals surface area contributed by atoms with E-state index in [0.29, 0.717) is 16.5 Å². The number of nitrogens with one attached hydrogen (secondary N) is 1. The number of anilines is 1. The molecule has 2 aromatic rings. The maximum atomic E-state index is 12.0. The van der Waals surface area contributed by atoms with E-state index in [9.17, 15) is 9.59 Å². The number of benzene rings is 1. The average Bonchev–Trinajstić information content (AvgIpc) is 2.53. The Kier molecular flexibility index (Phi) is 8.58. The molecule has 1 aromatic heterocycles. The van der Waals surface area contributed by atoms with Gasteiger partial charge in [-0.25, -0.2) is 9.78 Å². The molecule has 0 fully saturated rings. The number of carbonyl (C=O) groups excluding carboxylic acids is 1. The fraction of sp³-hybridized carbons (Fsp3) is 0.133. The van der Waals surface area contributed by atoms with Gasteiger partial charge in [0.1, 0.15) is 10.8 Å². The number of carbonyl (C=O) groups is 2. The summed E-state index contributed by atoms with van der Waals surface area (Å²) in [6, 6.07) is 7.91. The molecule has 0 saturated heterocycles. The van der Waals surface area contributed by atoms with Gasteiger partial charge < -0.3 is 15.2 Å². The molecule has 0 atom stereocenters. The second-order valence-corrected chi connectivity index (χ2v) is 5.82. The van der Waals surface area contributed by atoms with Gasteiger partial charge in [0.05, 0.1) is 24.9 Å². The van der Waals surface area contributed by atoms with Crippen LogP contribution in [0, 0.1) is 0 Å². The number of carboxylic acids is 1. The second-order valence-electron chi connectivity index (χ2n) is 4.33. The van der Waals surface area contributed by atoms with E-state index < -0.39 is 5.97 Å². The molecule has 1 heterocycles. The van der Waals surface area contributed by atoms with Gasteiger partial charge in [-0.05, 0) is 42.1 Å². The molecule has 2 N–H and O–H groups in total. The number of hydrogen-bond donors (Lipinski definition) is 2. The van der Waals surface area contributed by atoms with Crippen molar-refractivity contribution in [3.8, 4) is 5.75 Å². The summed E-state index contributed by atoms with van der Waals surface area (Å²) in [6.07, 6.45) is 1.44. The Balaban J connectivity index is 0.00000288. The van der Waals surface area contributed by atoms with Crippen molar-refractivity contribution in [2.75, 3.05) is 19.0 Å². The third-order valence-electron chi connectivity index (χ3n) is 2.80. The Morgan fingerprint density at radius 2 is 2.12 bits per heavy atom. The van der Waals surface area contributed by atoms with Gasteiger partial charge in [0.15, 0.2) is 0 Å². The molecule has 2 rings (SSSR count). The minimum atomic E-state index is -1.13. The van der Waals surface area contributed by atoms with Gasteiger partial charge >= 0.3 is 35.5 Å². The number of halogens is 1. The molecule has 0 spiro atoms. The third kappa shape index (κ3) is 5.68. The molecule has 9 heteroatoms. The molecule has 0 aliphatic rings. The van der Waals surface area contributed by atoms with Crippen LogP contribution in [0.25, 0.3) is 0 Å². The van der Waals surface area contributed by atoms with Gasteiger partial charge in [0.2, 0.25) is 5.12 Å². The van der Waals surface area contributed by atoms with Crippen molar-refractivity contribution in [1.29, 1.82) is 0 Å². The first-order valence-corrected chi connectivity index (χ1v) is 7.67. The van der Waals surface area contributed by atoms with Crippen LogP contribution in [0.4, 0.5) is 5.69 Å². The van der Waals surface area contributed by atoms with Gasteiger partial charge in [0, 0.05) is 11.2 Å². The molecule has 0 bridgehead atoms. The van der Waals surface area contributed by atoms with Crippen molar-refractivity contribution in [3.05, 3.63) is 47.1 Å². The van der Waals surface area contributed by atoms with E-state index in [1.54, 1.807) is 18.2 Å². The zero-order valence-corrected chi connectivity index (χ0v) is 13.6. The molecule has 0 radical (unpaired) electrons. The number of ether oxygens (including phenoxy) is 1. The Labute approximate surface area is 170 Å². The summed E-state index contributed by atoms with van der Waals surface area (Å²) in [5, 5.41) is 12.4. The van der Waals surface area contributed by atoms with E-state index >= 15 is 0 Å². The van der Waals surface area contributed by atoms with Gasteiger partial charge in [-0.15, -0.1) is 0 Å². The molecular formula is C15H14ClN2NaO4S. The number of rotatable bonds is 6. The monoisotopic (exact) mass is 376 g/mol. The number of carboxylic acid groups (broad SMARTS) is 1. The Morgan fingerprint density at radius 3 is 2.79 bits per heavy atom. The SMILES string of the molecule is COc1ccc(Cl)cc1NCC(=O)Sc1ncccc1C(=O)O.[NaH]. The van der Waals surface area contributed by atoms with Crippen molar-refractivity contribution in [2.45, 2.75) is 5.03 Å². The summed E-state index contributed by atoms with van der Waals surface area (Å²) in [5.74, 6) is -0.575. The van der Waals surface area contributed by atoms with E-state index in [4.69, 9.17) is 21.4 Å². The molecule has 0 unspecified atom stereocenters.